The van der Waals surface area contributed by atoms with Crippen molar-refractivity contribution in [3.8, 4) is 5.69 Å². The van der Waals surface area contributed by atoms with Gasteiger partial charge in [0.2, 0.25) is 5.91 Å². The summed E-state index contributed by atoms with van der Waals surface area (Å²) in [7, 11) is 0. The van der Waals surface area contributed by atoms with Crippen LogP contribution in [0, 0.1) is 17.7 Å². The highest BCUT2D eigenvalue weighted by Crippen LogP contribution is 2.24. The van der Waals surface area contributed by atoms with Crippen LogP contribution in [0.2, 0.25) is 0 Å². The fraction of sp³-hybridized carbons (Fsp3) is 0.583. The lowest BCUT2D eigenvalue weighted by Gasteiger charge is -2.40. The summed E-state index contributed by atoms with van der Waals surface area (Å²) in [4.78, 5) is 30.4. The molecular formula is C24H33FN6O4. The van der Waals surface area contributed by atoms with Crippen LogP contribution >= 0.6 is 0 Å². The van der Waals surface area contributed by atoms with Gasteiger partial charge in [0.25, 0.3) is 5.91 Å². The second-order valence-corrected chi connectivity index (χ2v) is 9.44. The molecule has 2 N–H and O–H groups in total. The maximum atomic E-state index is 14.4. The number of aliphatic hydroxyl groups excluding tert-OH is 1. The molecule has 0 saturated carbocycles. The third-order valence-corrected chi connectivity index (χ3v) is 6.46. The van der Waals surface area contributed by atoms with Gasteiger partial charge in [0.05, 0.1) is 25.7 Å². The summed E-state index contributed by atoms with van der Waals surface area (Å²) < 4.78 is 20.9. The molecule has 2 aliphatic heterocycles. The van der Waals surface area contributed by atoms with E-state index in [0.29, 0.717) is 52.4 Å². The van der Waals surface area contributed by atoms with Gasteiger partial charge in [-0.15, -0.1) is 5.10 Å². The predicted molar refractivity (Wildman–Crippen MR) is 125 cm³/mol. The molecule has 2 aromatic rings. The number of carbonyl (C=O) groups excluding carboxylic acids is 2. The van der Waals surface area contributed by atoms with E-state index in [1.54, 1.807) is 17.0 Å². The van der Waals surface area contributed by atoms with Gasteiger partial charge in [-0.05, 0) is 24.5 Å². The van der Waals surface area contributed by atoms with Gasteiger partial charge in [0.15, 0.2) is 5.69 Å². The molecule has 1 aromatic carbocycles. The summed E-state index contributed by atoms with van der Waals surface area (Å²) >= 11 is 0. The van der Waals surface area contributed by atoms with Crippen molar-refractivity contribution >= 4 is 11.8 Å². The van der Waals surface area contributed by atoms with Crippen LogP contribution in [0.1, 0.15) is 36.5 Å². The van der Waals surface area contributed by atoms with E-state index >= 15 is 0 Å². The first kappa shape index (κ1) is 25.2. The summed E-state index contributed by atoms with van der Waals surface area (Å²) in [5.74, 6) is -0.944. The largest absolute Gasteiger partial charge is 0.390 e. The van der Waals surface area contributed by atoms with E-state index in [0.717, 1.165) is 0 Å². The summed E-state index contributed by atoms with van der Waals surface area (Å²) in [6, 6.07) is 5.75. The zero-order valence-corrected chi connectivity index (χ0v) is 20.2. The molecule has 2 amide bonds. The third-order valence-electron chi connectivity index (χ3n) is 6.46. The number of amides is 2. The van der Waals surface area contributed by atoms with Gasteiger partial charge in [-0.25, -0.2) is 9.07 Å². The predicted octanol–water partition coefficient (Wildman–Crippen LogP) is 0.834. The highest BCUT2D eigenvalue weighted by Gasteiger charge is 2.37. The quantitative estimate of drug-likeness (QED) is 0.594. The highest BCUT2D eigenvalue weighted by atomic mass is 19.1. The van der Waals surface area contributed by atoms with Crippen molar-refractivity contribution in [1.82, 2.24) is 30.1 Å². The molecule has 4 rings (SSSR count). The van der Waals surface area contributed by atoms with E-state index < -0.39 is 18.3 Å². The van der Waals surface area contributed by atoms with Gasteiger partial charge < -0.3 is 25.0 Å². The van der Waals surface area contributed by atoms with Crippen molar-refractivity contribution in [3.63, 3.8) is 0 Å². The molecule has 0 radical (unpaired) electrons. The number of piperidine rings is 1. The lowest BCUT2D eigenvalue weighted by atomic mass is 9.92. The minimum atomic E-state index is -0.536. The van der Waals surface area contributed by atoms with Gasteiger partial charge in [0, 0.05) is 38.8 Å². The highest BCUT2D eigenvalue weighted by molar-refractivity contribution is 5.93. The fourth-order valence-corrected chi connectivity index (χ4v) is 4.74. The molecule has 0 unspecified atom stereocenters. The summed E-state index contributed by atoms with van der Waals surface area (Å²) in [5.41, 5.74) is 0.214. The van der Waals surface area contributed by atoms with Crippen LogP contribution in [0.4, 0.5) is 4.39 Å². The van der Waals surface area contributed by atoms with E-state index in [2.05, 4.69) is 15.6 Å². The van der Waals surface area contributed by atoms with Crippen LogP contribution in [-0.2, 0) is 16.1 Å². The Hall–Kier alpha value is -2.89. The van der Waals surface area contributed by atoms with Crippen LogP contribution in [0.3, 0.4) is 0 Å². The van der Waals surface area contributed by atoms with Crippen molar-refractivity contribution < 1.29 is 23.8 Å². The molecule has 0 aliphatic carbocycles. The van der Waals surface area contributed by atoms with Gasteiger partial charge in [0.1, 0.15) is 17.2 Å². The second-order valence-electron chi connectivity index (χ2n) is 9.44. The van der Waals surface area contributed by atoms with Crippen molar-refractivity contribution in [2.24, 2.45) is 11.8 Å². The van der Waals surface area contributed by atoms with E-state index in [1.165, 1.54) is 16.8 Å². The Morgan fingerprint density at radius 3 is 2.69 bits per heavy atom. The molecule has 2 aliphatic rings. The molecule has 3 heterocycles. The monoisotopic (exact) mass is 488 g/mol. The second kappa shape index (κ2) is 11.2. The normalized spacial score (nSPS) is 20.8. The number of para-hydroxylation sites is 1. The van der Waals surface area contributed by atoms with Gasteiger partial charge in [-0.2, -0.15) is 0 Å². The summed E-state index contributed by atoms with van der Waals surface area (Å²) in [6.07, 6.45) is 0.525. The molecule has 11 heteroatoms. The van der Waals surface area contributed by atoms with E-state index in [9.17, 15) is 19.1 Å². The number of hydrogen-bond donors (Lipinski definition) is 2. The number of nitrogens with zero attached hydrogens (tertiary/aromatic N) is 5. The number of aromatic nitrogens is 3. The first-order valence-corrected chi connectivity index (χ1v) is 12.1. The number of aliphatic hydroxyl groups is 1. The summed E-state index contributed by atoms with van der Waals surface area (Å²) in [6.45, 7) is 7.26. The Kier molecular flexibility index (Phi) is 8.09. The van der Waals surface area contributed by atoms with E-state index in [1.807, 2.05) is 18.7 Å². The lowest BCUT2D eigenvalue weighted by molar-refractivity contribution is -0.140. The van der Waals surface area contributed by atoms with Crippen LogP contribution in [0.5, 0.6) is 0 Å². The number of nitrogens with one attached hydrogen (secondary N) is 1. The molecule has 2 saturated heterocycles. The first-order valence-electron chi connectivity index (χ1n) is 12.1. The number of hydrogen-bond acceptors (Lipinski definition) is 7. The number of halogens is 1. The van der Waals surface area contributed by atoms with Gasteiger partial charge in [-0.1, -0.05) is 31.2 Å². The van der Waals surface area contributed by atoms with Crippen LogP contribution in [0.15, 0.2) is 24.3 Å². The number of morpholine rings is 1. The number of ether oxygens (including phenoxy) is 1. The van der Waals surface area contributed by atoms with Gasteiger partial charge >= 0.3 is 0 Å². The third kappa shape index (κ3) is 5.52. The zero-order chi connectivity index (χ0) is 24.9. The first-order chi connectivity index (χ1) is 16.9. The van der Waals surface area contributed by atoms with Crippen molar-refractivity contribution in [3.05, 3.63) is 41.5 Å². The van der Waals surface area contributed by atoms with E-state index in [4.69, 9.17) is 4.74 Å². The number of carbonyl (C=O) groups is 2. The van der Waals surface area contributed by atoms with Crippen LogP contribution in [0.25, 0.3) is 5.69 Å². The molecule has 35 heavy (non-hydrogen) atoms. The summed E-state index contributed by atoms with van der Waals surface area (Å²) in [5, 5.41) is 21.4. The molecule has 2 fully saturated rings. The minimum absolute atomic E-state index is 0.0157. The zero-order valence-electron chi connectivity index (χ0n) is 20.2. The Bertz CT molecular complexity index is 1040. The van der Waals surface area contributed by atoms with Crippen LogP contribution < -0.4 is 5.32 Å². The molecule has 0 spiro atoms. The SMILES string of the molecule is CC(C)CN(C(=O)c1nnn(-c2ccccc2F)c1CO)[C@@H]1CNC[C@H](C(=O)N2CCOCC2)C1. The molecular weight excluding hydrogens is 455 g/mol. The molecule has 190 valence electrons. The topological polar surface area (TPSA) is 113 Å². The van der Waals surface area contributed by atoms with Crippen LogP contribution in [-0.4, -0.2) is 93.7 Å². The molecule has 0 bridgehead atoms. The van der Waals surface area contributed by atoms with Crippen molar-refractivity contribution in [2.75, 3.05) is 45.9 Å². The van der Waals surface area contributed by atoms with Crippen molar-refractivity contribution in [2.45, 2.75) is 32.9 Å². The molecule has 10 nitrogen and oxygen atoms in total. The maximum Gasteiger partial charge on any atom is 0.276 e. The van der Waals surface area contributed by atoms with Gasteiger partial charge in [-0.3, -0.25) is 9.59 Å². The average molecular weight is 489 g/mol. The molecule has 1 aromatic heterocycles. The van der Waals surface area contributed by atoms with E-state index in [-0.39, 0.29) is 40.9 Å². The standard InChI is InChI=1S/C24H33FN6O4/c1-16(2)14-30(18-11-17(12-26-13-18)23(33)29-7-9-35-10-8-29)24(34)22-21(15-32)31(28-27-22)20-6-4-3-5-19(20)25/h3-6,16-18,26,32H,7-15H2,1-2H3/t17-,18+/m1/s1. The average Bonchev–Trinajstić information content (AvgIpc) is 3.31. The molecule has 2 atom stereocenters. The minimum Gasteiger partial charge on any atom is -0.390 e. The maximum absolute atomic E-state index is 14.4. The fourth-order valence-electron chi connectivity index (χ4n) is 4.74. The lowest BCUT2D eigenvalue weighted by Crippen LogP contribution is -2.56. The number of rotatable bonds is 7. The Morgan fingerprint density at radius 1 is 1.26 bits per heavy atom. The number of benzene rings is 1. The Labute approximate surface area is 204 Å². The van der Waals surface area contributed by atoms with Crippen molar-refractivity contribution in [1.29, 1.82) is 0 Å². The smallest absolute Gasteiger partial charge is 0.276 e. The Balaban J connectivity index is 1.58. The Morgan fingerprint density at radius 2 is 2.00 bits per heavy atom.